The summed E-state index contributed by atoms with van der Waals surface area (Å²) in [5.74, 6) is 2.85. The third kappa shape index (κ3) is 4.23. The average molecular weight is 718 g/mol. The highest BCUT2D eigenvalue weighted by Crippen LogP contribution is 2.67. The normalized spacial score (nSPS) is 16.6. The minimum absolute atomic E-state index is 0.415. The van der Waals surface area contributed by atoms with Gasteiger partial charge in [0.05, 0.1) is 22.5 Å². The number of nitrogens with zero attached hydrogens (tertiary/aromatic N) is 1. The van der Waals surface area contributed by atoms with Crippen LogP contribution in [0.5, 0.6) is 23.0 Å². The number of allylic oxidation sites excluding steroid dienone is 4. The molecule has 1 heterocycles. The maximum atomic E-state index is 7.18. The Morgan fingerprint density at radius 2 is 1.11 bits per heavy atom. The molecule has 0 saturated carbocycles. The van der Waals surface area contributed by atoms with Crippen LogP contribution in [-0.4, -0.2) is 0 Å². The molecule has 0 saturated heterocycles. The van der Waals surface area contributed by atoms with Gasteiger partial charge in [-0.2, -0.15) is 0 Å². The molecule has 0 radical (unpaired) electrons. The van der Waals surface area contributed by atoms with Gasteiger partial charge in [-0.3, -0.25) is 0 Å². The largest absolute Gasteiger partial charge is 0.449 e. The number of anilines is 3. The second-order valence-corrected chi connectivity index (χ2v) is 15.0. The maximum Gasteiger partial charge on any atom is 0.194 e. The van der Waals surface area contributed by atoms with E-state index in [1.807, 2.05) is 6.07 Å². The van der Waals surface area contributed by atoms with Gasteiger partial charge in [-0.05, 0) is 93.1 Å². The van der Waals surface area contributed by atoms with E-state index in [-0.39, 0.29) is 0 Å². The highest BCUT2D eigenvalue weighted by Gasteiger charge is 2.53. The molecule has 56 heavy (non-hydrogen) atoms. The zero-order chi connectivity index (χ0) is 36.8. The molecule has 264 valence electrons. The monoisotopic (exact) mass is 717 g/mol. The topological polar surface area (TPSA) is 21.7 Å². The van der Waals surface area contributed by atoms with Crippen LogP contribution in [0.1, 0.15) is 35.1 Å². The number of hydrogen-bond donors (Lipinski definition) is 0. The molecule has 4 aliphatic rings. The minimum Gasteiger partial charge on any atom is -0.449 e. The summed E-state index contributed by atoms with van der Waals surface area (Å²) in [5.41, 5.74) is 15.3. The van der Waals surface area contributed by atoms with Crippen molar-refractivity contribution in [1.29, 1.82) is 0 Å². The Bertz CT molecular complexity index is 2990. The molecule has 0 bridgehead atoms. The summed E-state index contributed by atoms with van der Waals surface area (Å²) in [6, 6.07) is 62.9. The molecule has 12 rings (SSSR count). The number of rotatable bonds is 4. The van der Waals surface area contributed by atoms with Crippen molar-refractivity contribution in [3.05, 3.63) is 216 Å². The maximum absolute atomic E-state index is 7.18. The molecule has 3 nitrogen and oxygen atoms in total. The van der Waals surface area contributed by atoms with Crippen molar-refractivity contribution >= 4 is 33.4 Å². The van der Waals surface area contributed by atoms with E-state index in [2.05, 4.69) is 187 Å². The Morgan fingerprint density at radius 1 is 0.464 bits per heavy atom. The third-order valence-corrected chi connectivity index (χ3v) is 12.2. The molecule has 8 aromatic rings. The van der Waals surface area contributed by atoms with Crippen LogP contribution in [0.2, 0.25) is 0 Å². The van der Waals surface area contributed by atoms with Gasteiger partial charge < -0.3 is 14.4 Å². The molecule has 3 heteroatoms. The number of para-hydroxylation sites is 2. The summed E-state index contributed by atoms with van der Waals surface area (Å²) in [7, 11) is 0. The molecule has 1 atom stereocenters. The highest BCUT2D eigenvalue weighted by atomic mass is 16.6. The van der Waals surface area contributed by atoms with Gasteiger partial charge >= 0.3 is 0 Å². The lowest BCUT2D eigenvalue weighted by molar-refractivity contribution is 0.361. The summed E-state index contributed by atoms with van der Waals surface area (Å²) in [5, 5.41) is 2.32. The van der Waals surface area contributed by atoms with E-state index >= 15 is 0 Å². The van der Waals surface area contributed by atoms with Gasteiger partial charge in [-0.15, -0.1) is 0 Å². The van der Waals surface area contributed by atoms with Crippen LogP contribution < -0.4 is 14.4 Å². The van der Waals surface area contributed by atoms with Crippen molar-refractivity contribution in [3.63, 3.8) is 0 Å². The lowest BCUT2D eigenvalue weighted by Gasteiger charge is -2.34. The molecule has 1 aliphatic heterocycles. The zero-order valence-corrected chi connectivity index (χ0v) is 30.6. The zero-order valence-electron chi connectivity index (χ0n) is 30.6. The van der Waals surface area contributed by atoms with E-state index < -0.39 is 5.41 Å². The first-order valence-corrected chi connectivity index (χ1v) is 19.5. The van der Waals surface area contributed by atoms with E-state index in [0.717, 1.165) is 57.7 Å². The molecule has 0 N–H and O–H groups in total. The molecular formula is C53H35NO2. The van der Waals surface area contributed by atoms with Crippen LogP contribution in [0.4, 0.5) is 17.1 Å². The fourth-order valence-electron chi connectivity index (χ4n) is 10.00. The Hall–Kier alpha value is -7.10. The summed E-state index contributed by atoms with van der Waals surface area (Å²) < 4.78 is 14.3. The van der Waals surface area contributed by atoms with Crippen molar-refractivity contribution in [2.24, 2.45) is 0 Å². The molecule has 1 spiro atoms. The Morgan fingerprint density at radius 3 is 2.00 bits per heavy atom. The Kier molecular flexibility index (Phi) is 6.67. The highest BCUT2D eigenvalue weighted by molar-refractivity contribution is 6.03. The molecule has 3 aliphatic carbocycles. The summed E-state index contributed by atoms with van der Waals surface area (Å²) in [6.45, 7) is 0. The SMILES string of the molecule is C1=CC2=C(CC1)c1ccccc1C21c2ccccc2-c2c1ccc1c2Oc2cccc(N(c3ccccc3-c3ccccc3)c3cccc4ccccc34)c2O1. The molecule has 0 fully saturated rings. The minimum atomic E-state index is -0.415. The van der Waals surface area contributed by atoms with Crippen LogP contribution >= 0.6 is 0 Å². The van der Waals surface area contributed by atoms with Crippen LogP contribution in [0.15, 0.2) is 194 Å². The Labute approximate surface area is 326 Å². The predicted molar refractivity (Wildman–Crippen MR) is 228 cm³/mol. The van der Waals surface area contributed by atoms with Gasteiger partial charge in [0.25, 0.3) is 0 Å². The van der Waals surface area contributed by atoms with Gasteiger partial charge in [0.15, 0.2) is 23.0 Å². The number of fused-ring (bicyclic) bond motifs is 13. The van der Waals surface area contributed by atoms with E-state index in [1.165, 1.54) is 44.3 Å². The fourth-order valence-corrected chi connectivity index (χ4v) is 10.00. The van der Waals surface area contributed by atoms with Crippen LogP contribution in [0, 0.1) is 0 Å². The van der Waals surface area contributed by atoms with E-state index in [1.54, 1.807) is 0 Å². The van der Waals surface area contributed by atoms with Crippen molar-refractivity contribution in [1.82, 2.24) is 0 Å². The number of ether oxygens (including phenoxy) is 2. The quantitative estimate of drug-likeness (QED) is 0.181. The molecular weight excluding hydrogens is 683 g/mol. The molecule has 0 aromatic heterocycles. The van der Waals surface area contributed by atoms with Crippen molar-refractivity contribution in [3.8, 4) is 45.3 Å². The van der Waals surface area contributed by atoms with Gasteiger partial charge in [-0.1, -0.05) is 158 Å². The van der Waals surface area contributed by atoms with Gasteiger partial charge in [-0.25, -0.2) is 0 Å². The van der Waals surface area contributed by atoms with E-state index in [9.17, 15) is 0 Å². The smallest absolute Gasteiger partial charge is 0.194 e. The van der Waals surface area contributed by atoms with Gasteiger partial charge in [0.1, 0.15) is 0 Å². The van der Waals surface area contributed by atoms with Gasteiger partial charge in [0.2, 0.25) is 0 Å². The van der Waals surface area contributed by atoms with Crippen LogP contribution in [0.25, 0.3) is 38.6 Å². The summed E-state index contributed by atoms with van der Waals surface area (Å²) in [6.07, 6.45) is 6.84. The van der Waals surface area contributed by atoms with Crippen molar-refractivity contribution < 1.29 is 9.47 Å². The lowest BCUT2D eigenvalue weighted by Crippen LogP contribution is -2.27. The van der Waals surface area contributed by atoms with Gasteiger partial charge in [0, 0.05) is 16.5 Å². The van der Waals surface area contributed by atoms with E-state index in [0.29, 0.717) is 17.2 Å². The first-order chi connectivity index (χ1) is 27.8. The van der Waals surface area contributed by atoms with Crippen molar-refractivity contribution in [2.75, 3.05) is 4.90 Å². The molecule has 8 aromatic carbocycles. The third-order valence-electron chi connectivity index (χ3n) is 12.2. The molecule has 0 amide bonds. The number of benzene rings is 8. The van der Waals surface area contributed by atoms with Crippen LogP contribution in [-0.2, 0) is 5.41 Å². The first kappa shape index (κ1) is 31.3. The average Bonchev–Trinajstić information content (AvgIpc) is 3.74. The second-order valence-electron chi connectivity index (χ2n) is 15.0. The lowest BCUT2D eigenvalue weighted by atomic mass is 9.69. The van der Waals surface area contributed by atoms with Crippen LogP contribution in [0.3, 0.4) is 0 Å². The Balaban J connectivity index is 1.07. The second kappa shape index (κ2) is 11.9. The van der Waals surface area contributed by atoms with Crippen molar-refractivity contribution in [2.45, 2.75) is 18.3 Å². The summed E-state index contributed by atoms with van der Waals surface area (Å²) in [4.78, 5) is 2.34. The predicted octanol–water partition coefficient (Wildman–Crippen LogP) is 14.3. The molecule has 1 unspecified atom stereocenters. The number of hydrogen-bond acceptors (Lipinski definition) is 3. The standard InChI is InChI=1S/C53H35NO2/c1-2-16-34(17-3-1)36-21-9-13-28-45(36)54(46-29-14-19-35-18-4-5-20-37(35)46)47-30-15-31-48-51(47)55-49-33-32-44-50(52(49)56-48)40-24-8-12-27-43(40)53(44)41-25-10-6-22-38(41)39-23-7-11-26-42(39)53/h1-6,8-22,24-33H,7,23H2. The first-order valence-electron chi connectivity index (χ1n) is 19.5. The summed E-state index contributed by atoms with van der Waals surface area (Å²) >= 11 is 0. The fraction of sp³-hybridized carbons (Fsp3) is 0.0566. The van der Waals surface area contributed by atoms with E-state index in [4.69, 9.17) is 9.47 Å².